The van der Waals surface area contributed by atoms with Crippen LogP contribution < -0.4 is 21.5 Å². The zero-order valence-electron chi connectivity index (χ0n) is 14.0. The molecule has 3 heterocycles. The number of halogens is 1. The van der Waals surface area contributed by atoms with E-state index in [9.17, 15) is 18.8 Å². The van der Waals surface area contributed by atoms with Gasteiger partial charge in [0.25, 0.3) is 5.91 Å². The number of urea groups is 1. The highest BCUT2D eigenvalue weighted by atomic mass is 19.1. The van der Waals surface area contributed by atoms with E-state index in [1.807, 2.05) is 0 Å². The maximum atomic E-state index is 13.0. The van der Waals surface area contributed by atoms with Crippen LogP contribution in [0.1, 0.15) is 30.9 Å². The Hall–Kier alpha value is -2.52. The summed E-state index contributed by atoms with van der Waals surface area (Å²) >= 11 is 0. The quantitative estimate of drug-likeness (QED) is 0.553. The monoisotopic (exact) mass is 361 g/mol. The standard InChI is InChI=1S/C17H20FN5O3/c18-11-3-1-10(2-4-11)12-9-13(22-21-12)14(24)23-7-5-17(6-8-23)15(25)19-16(26)20-17/h1-4,12-13,21-22H,5-9H2,(H2,19,20,25,26). The molecule has 1 spiro atoms. The number of nitrogens with zero attached hydrogens (tertiary/aromatic N) is 1. The molecule has 1 aromatic carbocycles. The lowest BCUT2D eigenvalue weighted by atomic mass is 9.87. The van der Waals surface area contributed by atoms with Gasteiger partial charge in [-0.3, -0.25) is 14.9 Å². The summed E-state index contributed by atoms with van der Waals surface area (Å²) in [6.45, 7) is 0.817. The van der Waals surface area contributed by atoms with Gasteiger partial charge in [-0.15, -0.1) is 0 Å². The van der Waals surface area contributed by atoms with E-state index < -0.39 is 11.6 Å². The van der Waals surface area contributed by atoms with Crippen LogP contribution in [0.3, 0.4) is 0 Å². The molecule has 0 saturated carbocycles. The SMILES string of the molecule is O=C1NC(=O)C2(CCN(C(=O)C3CC(c4ccc(F)cc4)NN3)CC2)N1. The van der Waals surface area contributed by atoms with Gasteiger partial charge in [0.2, 0.25) is 5.91 Å². The fourth-order valence-electron chi connectivity index (χ4n) is 3.84. The Labute approximate surface area is 149 Å². The second-order valence-corrected chi connectivity index (χ2v) is 7.00. The molecule has 3 aliphatic rings. The third-order valence-corrected chi connectivity index (χ3v) is 5.42. The zero-order chi connectivity index (χ0) is 18.3. The molecule has 9 heteroatoms. The Kier molecular flexibility index (Phi) is 4.12. The summed E-state index contributed by atoms with van der Waals surface area (Å²) in [7, 11) is 0. The number of amides is 4. The molecule has 3 aliphatic heterocycles. The second kappa shape index (κ2) is 6.33. The van der Waals surface area contributed by atoms with Crippen LogP contribution in [0.25, 0.3) is 0 Å². The van der Waals surface area contributed by atoms with Crippen molar-refractivity contribution in [2.24, 2.45) is 0 Å². The summed E-state index contributed by atoms with van der Waals surface area (Å²) in [5.41, 5.74) is 6.12. The third-order valence-electron chi connectivity index (χ3n) is 5.42. The van der Waals surface area contributed by atoms with Crippen molar-refractivity contribution in [1.82, 2.24) is 26.4 Å². The maximum absolute atomic E-state index is 13.0. The highest BCUT2D eigenvalue weighted by Crippen LogP contribution is 2.28. The van der Waals surface area contributed by atoms with Gasteiger partial charge in [-0.1, -0.05) is 12.1 Å². The Morgan fingerprint density at radius 1 is 1.12 bits per heavy atom. The molecule has 3 saturated heterocycles. The van der Waals surface area contributed by atoms with Crippen LogP contribution in [-0.2, 0) is 9.59 Å². The van der Waals surface area contributed by atoms with Crippen molar-refractivity contribution in [2.45, 2.75) is 36.9 Å². The molecule has 0 aromatic heterocycles. The summed E-state index contributed by atoms with van der Waals surface area (Å²) < 4.78 is 13.0. The van der Waals surface area contributed by atoms with Crippen LogP contribution >= 0.6 is 0 Å². The van der Waals surface area contributed by atoms with Crippen molar-refractivity contribution < 1.29 is 18.8 Å². The number of benzene rings is 1. The lowest BCUT2D eigenvalue weighted by molar-refractivity contribution is -0.137. The minimum Gasteiger partial charge on any atom is -0.341 e. The van der Waals surface area contributed by atoms with Crippen molar-refractivity contribution in [1.29, 1.82) is 0 Å². The van der Waals surface area contributed by atoms with E-state index in [0.717, 1.165) is 5.56 Å². The van der Waals surface area contributed by atoms with Crippen molar-refractivity contribution in [3.05, 3.63) is 35.6 Å². The number of piperidine rings is 1. The normalized spacial score (nSPS) is 27.5. The van der Waals surface area contributed by atoms with Gasteiger partial charge < -0.3 is 10.2 Å². The fourth-order valence-corrected chi connectivity index (χ4v) is 3.84. The number of hydrazine groups is 1. The van der Waals surface area contributed by atoms with E-state index in [2.05, 4.69) is 21.5 Å². The molecule has 3 fully saturated rings. The van der Waals surface area contributed by atoms with Crippen LogP contribution in [0.15, 0.2) is 24.3 Å². The topological polar surface area (TPSA) is 103 Å². The predicted octanol–water partition coefficient (Wildman–Crippen LogP) is -0.0661. The van der Waals surface area contributed by atoms with Gasteiger partial charge in [-0.2, -0.15) is 0 Å². The largest absolute Gasteiger partial charge is 0.341 e. The number of nitrogens with one attached hydrogen (secondary N) is 4. The van der Waals surface area contributed by atoms with Gasteiger partial charge in [0.05, 0.1) is 0 Å². The Morgan fingerprint density at radius 3 is 2.42 bits per heavy atom. The zero-order valence-corrected chi connectivity index (χ0v) is 14.0. The van der Waals surface area contributed by atoms with Gasteiger partial charge >= 0.3 is 6.03 Å². The molecule has 26 heavy (non-hydrogen) atoms. The van der Waals surface area contributed by atoms with Crippen molar-refractivity contribution >= 4 is 17.8 Å². The van der Waals surface area contributed by atoms with Gasteiger partial charge in [-0.25, -0.2) is 20.0 Å². The molecule has 0 bridgehead atoms. The Balaban J connectivity index is 1.35. The molecule has 4 amide bonds. The van der Waals surface area contributed by atoms with Gasteiger partial charge in [0, 0.05) is 19.1 Å². The van der Waals surface area contributed by atoms with E-state index >= 15 is 0 Å². The number of rotatable bonds is 2. The molecule has 0 radical (unpaired) electrons. The highest BCUT2D eigenvalue weighted by Gasteiger charge is 2.49. The summed E-state index contributed by atoms with van der Waals surface area (Å²) in [6, 6.07) is 5.28. The van der Waals surface area contributed by atoms with E-state index in [1.165, 1.54) is 12.1 Å². The molecule has 1 aromatic rings. The first-order valence-electron chi connectivity index (χ1n) is 8.66. The van der Waals surface area contributed by atoms with Crippen LogP contribution in [0, 0.1) is 5.82 Å². The van der Waals surface area contributed by atoms with Crippen molar-refractivity contribution in [2.75, 3.05) is 13.1 Å². The van der Waals surface area contributed by atoms with Gasteiger partial charge in [0.1, 0.15) is 17.4 Å². The molecule has 8 nitrogen and oxygen atoms in total. The van der Waals surface area contributed by atoms with Gasteiger partial charge in [-0.05, 0) is 37.0 Å². The molecular weight excluding hydrogens is 341 g/mol. The molecule has 4 N–H and O–H groups in total. The highest BCUT2D eigenvalue weighted by molar-refractivity contribution is 6.07. The van der Waals surface area contributed by atoms with Crippen LogP contribution in [0.5, 0.6) is 0 Å². The first kappa shape index (κ1) is 16.9. The lowest BCUT2D eigenvalue weighted by Gasteiger charge is -2.37. The smallest absolute Gasteiger partial charge is 0.322 e. The molecule has 0 aliphatic carbocycles. The predicted molar refractivity (Wildman–Crippen MR) is 89.0 cm³/mol. The van der Waals surface area contributed by atoms with E-state index in [-0.39, 0.29) is 29.7 Å². The Morgan fingerprint density at radius 2 is 1.81 bits per heavy atom. The molecule has 4 rings (SSSR count). The average Bonchev–Trinajstić information content (AvgIpc) is 3.21. The van der Waals surface area contributed by atoms with Crippen LogP contribution in [0.2, 0.25) is 0 Å². The third kappa shape index (κ3) is 2.93. The van der Waals surface area contributed by atoms with Crippen LogP contribution in [-0.4, -0.2) is 47.4 Å². The molecular formula is C17H20FN5O3. The van der Waals surface area contributed by atoms with Crippen LogP contribution in [0.4, 0.5) is 9.18 Å². The second-order valence-electron chi connectivity index (χ2n) is 7.00. The number of imide groups is 1. The summed E-state index contributed by atoms with van der Waals surface area (Å²) in [5, 5.41) is 4.95. The number of hydrogen-bond acceptors (Lipinski definition) is 5. The minimum absolute atomic E-state index is 0.0401. The summed E-state index contributed by atoms with van der Waals surface area (Å²) in [5.74, 6) is -0.647. The van der Waals surface area contributed by atoms with Gasteiger partial charge in [0.15, 0.2) is 0 Å². The van der Waals surface area contributed by atoms with E-state index in [0.29, 0.717) is 32.4 Å². The molecule has 2 atom stereocenters. The van der Waals surface area contributed by atoms with E-state index in [1.54, 1.807) is 17.0 Å². The fraction of sp³-hybridized carbons (Fsp3) is 0.471. The lowest BCUT2D eigenvalue weighted by Crippen LogP contribution is -2.57. The number of hydrogen-bond donors (Lipinski definition) is 4. The van der Waals surface area contributed by atoms with E-state index in [4.69, 9.17) is 0 Å². The number of carbonyl (C=O) groups is 3. The summed E-state index contributed by atoms with van der Waals surface area (Å²) in [6.07, 6.45) is 1.36. The summed E-state index contributed by atoms with van der Waals surface area (Å²) in [4.78, 5) is 37.8. The maximum Gasteiger partial charge on any atom is 0.322 e. The molecule has 2 unspecified atom stereocenters. The minimum atomic E-state index is -0.883. The first-order valence-corrected chi connectivity index (χ1v) is 8.66. The number of likely N-dealkylation sites (tertiary alicyclic amines) is 1. The Bertz CT molecular complexity index is 745. The first-order chi connectivity index (χ1) is 12.5. The number of carbonyl (C=O) groups excluding carboxylic acids is 3. The average molecular weight is 361 g/mol. The van der Waals surface area contributed by atoms with Crippen molar-refractivity contribution in [3.8, 4) is 0 Å². The van der Waals surface area contributed by atoms with Crippen molar-refractivity contribution in [3.63, 3.8) is 0 Å². The molecule has 138 valence electrons.